The minimum Gasteiger partial charge on any atom is -0.465 e. The monoisotopic (exact) mass is 359 g/mol. The van der Waals surface area contributed by atoms with Crippen molar-refractivity contribution in [1.82, 2.24) is 4.31 Å². The summed E-state index contributed by atoms with van der Waals surface area (Å²) in [5, 5.41) is 0. The zero-order valence-corrected chi connectivity index (χ0v) is 14.9. The standard InChI is InChI=1S/C19H21NO4S/c1-24-19(21)17-9-5-6-10-18(17)25(22,23)20-13-11-16(12-14-20)15-7-3-2-4-8-15/h2-10,16H,11-14H2,1H3. The molecular formula is C19H21NO4S. The summed E-state index contributed by atoms with van der Waals surface area (Å²) in [5.74, 6) is -0.276. The predicted molar refractivity (Wildman–Crippen MR) is 95.0 cm³/mol. The lowest BCUT2D eigenvalue weighted by molar-refractivity contribution is 0.0596. The molecule has 6 heteroatoms. The van der Waals surface area contributed by atoms with E-state index in [1.807, 2.05) is 18.2 Å². The average molecular weight is 359 g/mol. The van der Waals surface area contributed by atoms with Gasteiger partial charge in [-0.05, 0) is 36.5 Å². The second kappa shape index (κ2) is 7.37. The Kier molecular flexibility index (Phi) is 5.20. The van der Waals surface area contributed by atoms with Gasteiger partial charge in [0, 0.05) is 13.1 Å². The van der Waals surface area contributed by atoms with Crippen LogP contribution in [0.3, 0.4) is 0 Å². The van der Waals surface area contributed by atoms with Gasteiger partial charge in [0.25, 0.3) is 0 Å². The maximum absolute atomic E-state index is 13.0. The Morgan fingerprint density at radius 2 is 1.60 bits per heavy atom. The third kappa shape index (κ3) is 3.60. The van der Waals surface area contributed by atoms with Crippen LogP contribution in [-0.4, -0.2) is 38.9 Å². The zero-order valence-electron chi connectivity index (χ0n) is 14.1. The summed E-state index contributed by atoms with van der Waals surface area (Å²) in [6.07, 6.45) is 1.53. The average Bonchev–Trinajstić information content (AvgIpc) is 2.68. The number of carbonyl (C=O) groups is 1. The molecule has 0 amide bonds. The Hall–Kier alpha value is -2.18. The molecule has 0 aliphatic carbocycles. The Balaban J connectivity index is 1.80. The summed E-state index contributed by atoms with van der Waals surface area (Å²) < 4.78 is 32.2. The van der Waals surface area contributed by atoms with Gasteiger partial charge in [-0.25, -0.2) is 13.2 Å². The van der Waals surface area contributed by atoms with Crippen molar-refractivity contribution in [2.45, 2.75) is 23.7 Å². The number of piperidine rings is 1. The molecule has 132 valence electrons. The molecule has 0 spiro atoms. The summed E-state index contributed by atoms with van der Waals surface area (Å²) in [5.41, 5.74) is 1.32. The van der Waals surface area contributed by atoms with Crippen LogP contribution >= 0.6 is 0 Å². The van der Waals surface area contributed by atoms with Crippen molar-refractivity contribution in [3.05, 3.63) is 65.7 Å². The second-order valence-electron chi connectivity index (χ2n) is 6.08. The van der Waals surface area contributed by atoms with Gasteiger partial charge in [0.15, 0.2) is 0 Å². The quantitative estimate of drug-likeness (QED) is 0.787. The van der Waals surface area contributed by atoms with Crippen molar-refractivity contribution in [1.29, 1.82) is 0 Å². The maximum atomic E-state index is 13.0. The van der Waals surface area contributed by atoms with Gasteiger partial charge >= 0.3 is 5.97 Å². The largest absolute Gasteiger partial charge is 0.465 e. The molecule has 0 radical (unpaired) electrons. The highest BCUT2D eigenvalue weighted by Gasteiger charge is 2.32. The number of ether oxygens (including phenoxy) is 1. The number of esters is 1. The number of carbonyl (C=O) groups excluding carboxylic acids is 1. The first-order valence-corrected chi connectivity index (χ1v) is 9.70. The highest BCUT2D eigenvalue weighted by molar-refractivity contribution is 7.89. The van der Waals surface area contributed by atoms with E-state index in [4.69, 9.17) is 4.74 Å². The molecule has 2 aromatic carbocycles. The number of benzene rings is 2. The Labute approximate surface area is 148 Å². The van der Waals surface area contributed by atoms with Crippen LogP contribution in [0.15, 0.2) is 59.5 Å². The van der Waals surface area contributed by atoms with Crippen LogP contribution in [0.4, 0.5) is 0 Å². The summed E-state index contributed by atoms with van der Waals surface area (Å²) in [4.78, 5) is 11.9. The third-order valence-electron chi connectivity index (χ3n) is 4.64. The van der Waals surface area contributed by atoms with E-state index in [1.165, 1.54) is 29.1 Å². The van der Waals surface area contributed by atoms with Crippen LogP contribution in [0.1, 0.15) is 34.7 Å². The van der Waals surface area contributed by atoms with Crippen LogP contribution in [0.2, 0.25) is 0 Å². The van der Waals surface area contributed by atoms with E-state index >= 15 is 0 Å². The molecule has 0 aromatic heterocycles. The molecule has 1 aliphatic heterocycles. The van der Waals surface area contributed by atoms with Crippen LogP contribution in [0, 0.1) is 0 Å². The molecule has 1 saturated heterocycles. The van der Waals surface area contributed by atoms with Crippen molar-refractivity contribution in [2.75, 3.05) is 20.2 Å². The van der Waals surface area contributed by atoms with E-state index in [1.54, 1.807) is 12.1 Å². The topological polar surface area (TPSA) is 63.7 Å². The first kappa shape index (κ1) is 17.6. The molecule has 0 N–H and O–H groups in total. The fraction of sp³-hybridized carbons (Fsp3) is 0.316. The van der Waals surface area contributed by atoms with Crippen molar-refractivity contribution in [2.24, 2.45) is 0 Å². The summed E-state index contributed by atoms with van der Waals surface area (Å²) in [6.45, 7) is 0.884. The molecule has 5 nitrogen and oxygen atoms in total. The van der Waals surface area contributed by atoms with Gasteiger partial charge in [0.2, 0.25) is 10.0 Å². The van der Waals surface area contributed by atoms with Gasteiger partial charge in [-0.2, -0.15) is 4.31 Å². The van der Waals surface area contributed by atoms with Crippen LogP contribution in [0.25, 0.3) is 0 Å². The van der Waals surface area contributed by atoms with Crippen LogP contribution in [0.5, 0.6) is 0 Å². The maximum Gasteiger partial charge on any atom is 0.339 e. The SMILES string of the molecule is COC(=O)c1ccccc1S(=O)(=O)N1CCC(c2ccccc2)CC1. The van der Waals surface area contributed by atoms with E-state index in [2.05, 4.69) is 12.1 Å². The van der Waals surface area contributed by atoms with E-state index in [0.717, 1.165) is 12.8 Å². The smallest absolute Gasteiger partial charge is 0.339 e. The highest BCUT2D eigenvalue weighted by Crippen LogP contribution is 2.31. The molecule has 3 rings (SSSR count). The van der Waals surface area contributed by atoms with Gasteiger partial charge in [-0.15, -0.1) is 0 Å². The van der Waals surface area contributed by atoms with E-state index in [0.29, 0.717) is 19.0 Å². The number of sulfonamides is 1. The fourth-order valence-corrected chi connectivity index (χ4v) is 4.91. The van der Waals surface area contributed by atoms with Crippen LogP contribution < -0.4 is 0 Å². The highest BCUT2D eigenvalue weighted by atomic mass is 32.2. The lowest BCUT2D eigenvalue weighted by Crippen LogP contribution is -2.38. The molecule has 2 aromatic rings. The van der Waals surface area contributed by atoms with E-state index in [9.17, 15) is 13.2 Å². The van der Waals surface area contributed by atoms with Crippen molar-refractivity contribution < 1.29 is 17.9 Å². The lowest BCUT2D eigenvalue weighted by Gasteiger charge is -2.31. The van der Waals surface area contributed by atoms with Gasteiger partial charge in [0.1, 0.15) is 0 Å². The van der Waals surface area contributed by atoms with Gasteiger partial charge in [0.05, 0.1) is 17.6 Å². The van der Waals surface area contributed by atoms with Gasteiger partial charge < -0.3 is 4.74 Å². The first-order valence-electron chi connectivity index (χ1n) is 8.26. The molecule has 0 saturated carbocycles. The summed E-state index contributed by atoms with van der Waals surface area (Å²) in [7, 11) is -2.47. The van der Waals surface area contributed by atoms with Gasteiger partial charge in [-0.1, -0.05) is 42.5 Å². The Morgan fingerprint density at radius 3 is 2.24 bits per heavy atom. The van der Waals surface area contributed by atoms with Crippen molar-refractivity contribution >= 4 is 16.0 Å². The first-order chi connectivity index (χ1) is 12.0. The van der Waals surface area contributed by atoms with Crippen molar-refractivity contribution in [3.63, 3.8) is 0 Å². The molecule has 0 atom stereocenters. The van der Waals surface area contributed by atoms with Crippen molar-refractivity contribution in [3.8, 4) is 0 Å². The summed E-state index contributed by atoms with van der Waals surface area (Å²) >= 11 is 0. The number of nitrogens with zero attached hydrogens (tertiary/aromatic N) is 1. The fourth-order valence-electron chi connectivity index (χ4n) is 3.26. The van der Waals surface area contributed by atoms with E-state index < -0.39 is 16.0 Å². The number of hydrogen-bond acceptors (Lipinski definition) is 4. The Morgan fingerprint density at radius 1 is 1.00 bits per heavy atom. The molecule has 1 heterocycles. The molecular weight excluding hydrogens is 338 g/mol. The third-order valence-corrected chi connectivity index (χ3v) is 6.59. The Bertz CT molecular complexity index is 841. The number of methoxy groups -OCH3 is 1. The predicted octanol–water partition coefficient (Wildman–Crippen LogP) is 3.04. The molecule has 0 bridgehead atoms. The zero-order chi connectivity index (χ0) is 17.9. The van der Waals surface area contributed by atoms with E-state index in [-0.39, 0.29) is 10.5 Å². The number of rotatable bonds is 4. The second-order valence-corrected chi connectivity index (χ2v) is 7.98. The normalized spacial score (nSPS) is 16.5. The lowest BCUT2D eigenvalue weighted by atomic mass is 9.90. The molecule has 25 heavy (non-hydrogen) atoms. The van der Waals surface area contributed by atoms with Crippen LogP contribution in [-0.2, 0) is 14.8 Å². The summed E-state index contributed by atoms with van der Waals surface area (Å²) in [6, 6.07) is 16.4. The molecule has 0 unspecified atom stereocenters. The minimum absolute atomic E-state index is 0.0139. The molecule has 1 fully saturated rings. The molecule has 1 aliphatic rings. The minimum atomic E-state index is -3.72. The number of hydrogen-bond donors (Lipinski definition) is 0. The van der Waals surface area contributed by atoms with Gasteiger partial charge in [-0.3, -0.25) is 0 Å².